The van der Waals surface area contributed by atoms with E-state index >= 15 is 0 Å². The number of aliphatic hydroxyl groups is 1. The summed E-state index contributed by atoms with van der Waals surface area (Å²) < 4.78 is 5.67. The van der Waals surface area contributed by atoms with Gasteiger partial charge in [0.05, 0.1) is 6.10 Å². The van der Waals surface area contributed by atoms with Gasteiger partial charge in [-0.1, -0.05) is 18.2 Å². The van der Waals surface area contributed by atoms with Gasteiger partial charge in [0.2, 0.25) is 0 Å². The van der Waals surface area contributed by atoms with E-state index < -0.39 is 6.10 Å². The molecule has 0 saturated carbocycles. The van der Waals surface area contributed by atoms with Crippen LogP contribution in [0.5, 0.6) is 5.75 Å². The lowest BCUT2D eigenvalue weighted by Gasteiger charge is -2.28. The lowest BCUT2D eigenvalue weighted by atomic mass is 10.1. The van der Waals surface area contributed by atoms with Gasteiger partial charge in [-0.15, -0.1) is 0 Å². The van der Waals surface area contributed by atoms with Gasteiger partial charge in [-0.2, -0.15) is 0 Å². The number of carbonyl (C=O) groups excluding carboxylic acids is 1. The van der Waals surface area contributed by atoms with E-state index in [1.807, 2.05) is 45.9 Å². The number of nitrogens with zero attached hydrogens (tertiary/aromatic N) is 1. The van der Waals surface area contributed by atoms with E-state index in [4.69, 9.17) is 4.74 Å². The standard InChI is InChI=1S/C16H25NO3/c1-11(2)17(9-14(5)18)15(19)10-20-16-12(3)7-6-8-13(16)4/h6-8,11,14,18H,9-10H2,1-5H3. The quantitative estimate of drug-likeness (QED) is 0.869. The Morgan fingerprint density at radius 2 is 1.80 bits per heavy atom. The van der Waals surface area contributed by atoms with Crippen molar-refractivity contribution in [3.05, 3.63) is 29.3 Å². The first kappa shape index (κ1) is 16.5. The number of aryl methyl sites for hydroxylation is 2. The van der Waals surface area contributed by atoms with Crippen molar-refractivity contribution in [3.8, 4) is 5.75 Å². The minimum Gasteiger partial charge on any atom is -0.483 e. The molecule has 0 heterocycles. The second kappa shape index (κ2) is 7.29. The van der Waals surface area contributed by atoms with Gasteiger partial charge in [0.1, 0.15) is 5.75 Å². The Morgan fingerprint density at radius 3 is 2.25 bits per heavy atom. The summed E-state index contributed by atoms with van der Waals surface area (Å²) in [6.07, 6.45) is -0.540. The summed E-state index contributed by atoms with van der Waals surface area (Å²) in [6.45, 7) is 9.78. The van der Waals surface area contributed by atoms with Crippen LogP contribution in [-0.2, 0) is 4.79 Å². The highest BCUT2D eigenvalue weighted by atomic mass is 16.5. The van der Waals surface area contributed by atoms with Crippen molar-refractivity contribution in [2.75, 3.05) is 13.2 Å². The number of aliphatic hydroxyl groups excluding tert-OH is 1. The fraction of sp³-hybridized carbons (Fsp3) is 0.562. The van der Waals surface area contributed by atoms with Crippen molar-refractivity contribution in [1.29, 1.82) is 0 Å². The second-order valence-corrected chi connectivity index (χ2v) is 5.50. The number of hydrogen-bond acceptors (Lipinski definition) is 3. The molecule has 0 aromatic heterocycles. The van der Waals surface area contributed by atoms with E-state index in [-0.39, 0.29) is 18.6 Å². The largest absolute Gasteiger partial charge is 0.483 e. The molecule has 1 amide bonds. The van der Waals surface area contributed by atoms with Crippen molar-refractivity contribution in [2.45, 2.75) is 46.8 Å². The van der Waals surface area contributed by atoms with Crippen LogP contribution in [0.3, 0.4) is 0 Å². The number of carbonyl (C=O) groups is 1. The Balaban J connectivity index is 2.70. The molecule has 112 valence electrons. The van der Waals surface area contributed by atoms with Crippen LogP contribution < -0.4 is 4.74 Å². The average Bonchev–Trinajstić information content (AvgIpc) is 2.34. The summed E-state index contributed by atoms with van der Waals surface area (Å²) in [5, 5.41) is 9.46. The summed E-state index contributed by atoms with van der Waals surface area (Å²) in [6, 6.07) is 5.93. The molecular weight excluding hydrogens is 254 g/mol. The molecule has 0 bridgehead atoms. The highest BCUT2D eigenvalue weighted by Crippen LogP contribution is 2.22. The first-order valence-electron chi connectivity index (χ1n) is 6.99. The molecule has 20 heavy (non-hydrogen) atoms. The molecule has 1 atom stereocenters. The molecule has 0 aliphatic rings. The van der Waals surface area contributed by atoms with Gasteiger partial charge < -0.3 is 14.7 Å². The summed E-state index contributed by atoms with van der Waals surface area (Å²) in [7, 11) is 0. The number of benzene rings is 1. The van der Waals surface area contributed by atoms with Crippen molar-refractivity contribution >= 4 is 5.91 Å². The monoisotopic (exact) mass is 279 g/mol. The van der Waals surface area contributed by atoms with Gasteiger partial charge >= 0.3 is 0 Å². The van der Waals surface area contributed by atoms with Crippen molar-refractivity contribution in [1.82, 2.24) is 4.90 Å². The van der Waals surface area contributed by atoms with Gasteiger partial charge in [0.15, 0.2) is 6.61 Å². The van der Waals surface area contributed by atoms with Gasteiger partial charge in [0.25, 0.3) is 5.91 Å². The molecule has 4 nitrogen and oxygen atoms in total. The molecule has 0 fully saturated rings. The zero-order chi connectivity index (χ0) is 15.3. The van der Waals surface area contributed by atoms with Gasteiger partial charge in [-0.3, -0.25) is 4.79 Å². The smallest absolute Gasteiger partial charge is 0.260 e. The summed E-state index contributed by atoms with van der Waals surface area (Å²) in [4.78, 5) is 13.8. The molecule has 1 aromatic carbocycles. The number of hydrogen-bond donors (Lipinski definition) is 1. The van der Waals surface area contributed by atoms with Crippen LogP contribution in [0.15, 0.2) is 18.2 Å². The number of ether oxygens (including phenoxy) is 1. The van der Waals surface area contributed by atoms with Crippen LogP contribution >= 0.6 is 0 Å². The lowest BCUT2D eigenvalue weighted by molar-refractivity contribution is -0.136. The first-order chi connectivity index (χ1) is 9.32. The molecule has 1 rings (SSSR count). The van der Waals surface area contributed by atoms with E-state index in [2.05, 4.69) is 0 Å². The summed E-state index contributed by atoms with van der Waals surface area (Å²) in [5.41, 5.74) is 2.04. The molecule has 1 N–H and O–H groups in total. The highest BCUT2D eigenvalue weighted by molar-refractivity contribution is 5.78. The third-order valence-corrected chi connectivity index (χ3v) is 3.15. The third kappa shape index (κ3) is 4.53. The zero-order valence-corrected chi connectivity index (χ0v) is 13.0. The average molecular weight is 279 g/mol. The van der Waals surface area contributed by atoms with Crippen LogP contribution in [0.4, 0.5) is 0 Å². The van der Waals surface area contributed by atoms with Crippen molar-refractivity contribution < 1.29 is 14.6 Å². The van der Waals surface area contributed by atoms with Gasteiger partial charge in [0, 0.05) is 12.6 Å². The summed E-state index contributed by atoms with van der Waals surface area (Å²) >= 11 is 0. The molecule has 0 saturated heterocycles. The number of amides is 1. The molecule has 4 heteroatoms. The minimum atomic E-state index is -0.540. The van der Waals surface area contributed by atoms with Crippen molar-refractivity contribution in [2.24, 2.45) is 0 Å². The van der Waals surface area contributed by atoms with E-state index in [0.717, 1.165) is 16.9 Å². The van der Waals surface area contributed by atoms with Crippen LogP contribution in [0.25, 0.3) is 0 Å². The first-order valence-corrected chi connectivity index (χ1v) is 6.99. The summed E-state index contributed by atoms with van der Waals surface area (Å²) in [5.74, 6) is 0.658. The number of rotatable bonds is 6. The Morgan fingerprint density at radius 1 is 1.25 bits per heavy atom. The van der Waals surface area contributed by atoms with Crippen LogP contribution in [0, 0.1) is 13.8 Å². The normalized spacial score (nSPS) is 12.3. The molecule has 0 aliphatic heterocycles. The van der Waals surface area contributed by atoms with E-state index in [0.29, 0.717) is 6.54 Å². The Kier molecular flexibility index (Phi) is 6.02. The van der Waals surface area contributed by atoms with Crippen molar-refractivity contribution in [3.63, 3.8) is 0 Å². The molecule has 0 radical (unpaired) electrons. The maximum atomic E-state index is 12.2. The van der Waals surface area contributed by atoms with Crippen LogP contribution in [0.2, 0.25) is 0 Å². The molecular formula is C16H25NO3. The van der Waals surface area contributed by atoms with E-state index in [1.165, 1.54) is 0 Å². The lowest BCUT2D eigenvalue weighted by Crippen LogP contribution is -2.43. The predicted molar refractivity (Wildman–Crippen MR) is 79.9 cm³/mol. The maximum Gasteiger partial charge on any atom is 0.260 e. The molecule has 1 unspecified atom stereocenters. The van der Waals surface area contributed by atoms with Crippen LogP contribution in [0.1, 0.15) is 31.9 Å². The molecule has 0 spiro atoms. The topological polar surface area (TPSA) is 49.8 Å². The fourth-order valence-electron chi connectivity index (χ4n) is 2.13. The highest BCUT2D eigenvalue weighted by Gasteiger charge is 2.19. The molecule has 1 aromatic rings. The van der Waals surface area contributed by atoms with Crippen LogP contribution in [-0.4, -0.2) is 41.2 Å². The Labute approximate surface area is 121 Å². The fourth-order valence-corrected chi connectivity index (χ4v) is 2.13. The minimum absolute atomic E-state index is 0.00338. The SMILES string of the molecule is Cc1cccc(C)c1OCC(=O)N(CC(C)O)C(C)C. The zero-order valence-electron chi connectivity index (χ0n) is 13.0. The number of para-hydroxylation sites is 1. The van der Waals surface area contributed by atoms with E-state index in [9.17, 15) is 9.90 Å². The second-order valence-electron chi connectivity index (χ2n) is 5.50. The predicted octanol–water partition coefficient (Wildman–Crippen LogP) is 2.30. The van der Waals surface area contributed by atoms with Gasteiger partial charge in [-0.05, 0) is 45.7 Å². The molecule has 0 aliphatic carbocycles. The maximum absolute atomic E-state index is 12.2. The Bertz CT molecular complexity index is 435. The third-order valence-electron chi connectivity index (χ3n) is 3.15. The van der Waals surface area contributed by atoms with E-state index in [1.54, 1.807) is 11.8 Å². The van der Waals surface area contributed by atoms with Gasteiger partial charge in [-0.25, -0.2) is 0 Å². The Hall–Kier alpha value is -1.55.